The third kappa shape index (κ3) is 3.17. The van der Waals surface area contributed by atoms with Gasteiger partial charge >= 0.3 is 0 Å². The largest absolute Gasteiger partial charge is 0.291 e. The van der Waals surface area contributed by atoms with Gasteiger partial charge < -0.3 is 0 Å². The third-order valence-electron chi connectivity index (χ3n) is 4.89. The summed E-state index contributed by atoms with van der Waals surface area (Å²) in [6.07, 6.45) is 5.70. The van der Waals surface area contributed by atoms with Crippen molar-refractivity contribution in [1.29, 1.82) is 0 Å². The average Bonchev–Trinajstić information content (AvgIpc) is 3.32. The van der Waals surface area contributed by atoms with Crippen molar-refractivity contribution in [1.82, 2.24) is 39.9 Å². The highest BCUT2D eigenvalue weighted by Crippen LogP contribution is 2.23. The zero-order valence-electron chi connectivity index (χ0n) is 14.6. The van der Waals surface area contributed by atoms with Crippen LogP contribution in [-0.2, 0) is 13.1 Å². The van der Waals surface area contributed by atoms with Gasteiger partial charge in [0.05, 0.1) is 18.8 Å². The SMILES string of the molecule is Cc1cccc(C)c1-n1nnnc1CN1CCC[C@@H]1Cn1cncn1. The van der Waals surface area contributed by atoms with Gasteiger partial charge in [0.25, 0.3) is 0 Å². The minimum Gasteiger partial charge on any atom is -0.291 e. The molecule has 0 amide bonds. The quantitative estimate of drug-likeness (QED) is 0.702. The van der Waals surface area contributed by atoms with Crippen LogP contribution in [0.1, 0.15) is 29.8 Å². The standard InChI is InChI=1S/C17H22N8/c1-13-5-3-6-14(2)17(13)25-16(20-21-22-25)10-23-8-4-7-15(23)9-24-12-18-11-19-24/h3,5-6,11-12,15H,4,7-10H2,1-2H3/t15-/m1/s1. The van der Waals surface area contributed by atoms with Gasteiger partial charge in [0.2, 0.25) is 0 Å². The number of nitrogens with zero attached hydrogens (tertiary/aromatic N) is 8. The highest BCUT2D eigenvalue weighted by Gasteiger charge is 2.27. The molecule has 0 aliphatic carbocycles. The third-order valence-corrected chi connectivity index (χ3v) is 4.89. The smallest absolute Gasteiger partial charge is 0.170 e. The van der Waals surface area contributed by atoms with E-state index in [-0.39, 0.29) is 0 Å². The lowest BCUT2D eigenvalue weighted by molar-refractivity contribution is 0.212. The second-order valence-corrected chi connectivity index (χ2v) is 6.63. The van der Waals surface area contributed by atoms with Crippen LogP contribution in [0.5, 0.6) is 0 Å². The first kappa shape index (κ1) is 15.9. The Kier molecular flexibility index (Phi) is 4.27. The minimum absolute atomic E-state index is 0.435. The lowest BCUT2D eigenvalue weighted by Crippen LogP contribution is -2.33. The molecule has 1 aliphatic heterocycles. The Morgan fingerprint density at radius 3 is 2.80 bits per heavy atom. The van der Waals surface area contributed by atoms with Crippen molar-refractivity contribution in [2.24, 2.45) is 0 Å². The Bertz CT molecular complexity index is 818. The van der Waals surface area contributed by atoms with Crippen LogP contribution in [0.3, 0.4) is 0 Å². The summed E-state index contributed by atoms with van der Waals surface area (Å²) in [6, 6.07) is 6.69. The molecule has 8 heteroatoms. The van der Waals surface area contributed by atoms with Gasteiger partial charge in [-0.2, -0.15) is 9.78 Å². The maximum Gasteiger partial charge on any atom is 0.170 e. The molecular weight excluding hydrogens is 316 g/mol. The number of tetrazole rings is 1. The number of benzene rings is 1. The molecule has 3 aromatic rings. The molecule has 130 valence electrons. The van der Waals surface area contributed by atoms with E-state index in [4.69, 9.17) is 0 Å². The fourth-order valence-electron chi connectivity index (χ4n) is 3.65. The summed E-state index contributed by atoms with van der Waals surface area (Å²) in [7, 11) is 0. The van der Waals surface area contributed by atoms with E-state index in [1.807, 2.05) is 9.36 Å². The lowest BCUT2D eigenvalue weighted by Gasteiger charge is -2.23. The molecule has 4 rings (SSSR count). The molecule has 0 radical (unpaired) electrons. The van der Waals surface area contributed by atoms with Gasteiger partial charge in [-0.05, 0) is 54.8 Å². The minimum atomic E-state index is 0.435. The van der Waals surface area contributed by atoms with Crippen molar-refractivity contribution in [2.75, 3.05) is 6.54 Å². The van der Waals surface area contributed by atoms with Crippen LogP contribution >= 0.6 is 0 Å². The Hall–Kier alpha value is -2.61. The molecule has 3 heterocycles. The average molecular weight is 338 g/mol. The first-order chi connectivity index (χ1) is 12.2. The molecule has 1 saturated heterocycles. The fraction of sp³-hybridized carbons (Fsp3) is 0.471. The summed E-state index contributed by atoms with van der Waals surface area (Å²) in [5.41, 5.74) is 3.43. The summed E-state index contributed by atoms with van der Waals surface area (Å²) in [4.78, 5) is 6.48. The molecule has 1 aromatic carbocycles. The first-order valence-electron chi connectivity index (χ1n) is 8.62. The monoisotopic (exact) mass is 338 g/mol. The van der Waals surface area contributed by atoms with Crippen LogP contribution in [0.25, 0.3) is 5.69 Å². The van der Waals surface area contributed by atoms with Crippen LogP contribution in [0.4, 0.5) is 0 Å². The van der Waals surface area contributed by atoms with Crippen molar-refractivity contribution in [3.63, 3.8) is 0 Å². The van der Waals surface area contributed by atoms with Crippen molar-refractivity contribution >= 4 is 0 Å². The number of aryl methyl sites for hydroxylation is 2. The van der Waals surface area contributed by atoms with Crippen molar-refractivity contribution in [2.45, 2.75) is 45.8 Å². The van der Waals surface area contributed by atoms with Gasteiger partial charge in [0, 0.05) is 6.04 Å². The number of para-hydroxylation sites is 1. The van der Waals surface area contributed by atoms with Gasteiger partial charge in [-0.3, -0.25) is 9.58 Å². The van der Waals surface area contributed by atoms with Gasteiger partial charge in [0.15, 0.2) is 5.82 Å². The summed E-state index contributed by atoms with van der Waals surface area (Å²) >= 11 is 0. The summed E-state index contributed by atoms with van der Waals surface area (Å²) in [5, 5.41) is 16.7. The van der Waals surface area contributed by atoms with Crippen LogP contribution in [0.15, 0.2) is 30.9 Å². The number of hydrogen-bond acceptors (Lipinski definition) is 6. The van der Waals surface area contributed by atoms with Crippen LogP contribution in [0, 0.1) is 13.8 Å². The van der Waals surface area contributed by atoms with Gasteiger partial charge in [0.1, 0.15) is 12.7 Å². The van der Waals surface area contributed by atoms with Crippen LogP contribution in [-0.4, -0.2) is 52.5 Å². The second kappa shape index (κ2) is 6.72. The van der Waals surface area contributed by atoms with Gasteiger partial charge in [-0.1, -0.05) is 18.2 Å². The number of likely N-dealkylation sites (tertiary alicyclic amines) is 1. The Balaban J connectivity index is 1.56. The maximum absolute atomic E-state index is 4.30. The predicted molar refractivity (Wildman–Crippen MR) is 92.1 cm³/mol. The Morgan fingerprint density at radius 1 is 1.20 bits per heavy atom. The van der Waals surface area contributed by atoms with Crippen molar-refractivity contribution in [3.05, 3.63) is 47.8 Å². The lowest BCUT2D eigenvalue weighted by atomic mass is 10.1. The van der Waals surface area contributed by atoms with E-state index in [2.05, 4.69) is 62.6 Å². The molecule has 25 heavy (non-hydrogen) atoms. The van der Waals surface area contributed by atoms with E-state index in [1.54, 1.807) is 12.7 Å². The predicted octanol–water partition coefficient (Wildman–Crippen LogP) is 1.54. The molecule has 8 nitrogen and oxygen atoms in total. The van der Waals surface area contributed by atoms with Gasteiger partial charge in [-0.15, -0.1) is 5.10 Å². The van der Waals surface area contributed by atoms with E-state index in [1.165, 1.54) is 17.5 Å². The Morgan fingerprint density at radius 2 is 2.04 bits per heavy atom. The van der Waals surface area contributed by atoms with Crippen LogP contribution < -0.4 is 0 Å². The molecule has 1 fully saturated rings. The molecule has 2 aromatic heterocycles. The number of rotatable bonds is 5. The number of aromatic nitrogens is 7. The summed E-state index contributed by atoms with van der Waals surface area (Å²) in [6.45, 7) is 6.83. The fourth-order valence-corrected chi connectivity index (χ4v) is 3.65. The van der Waals surface area contributed by atoms with Crippen LogP contribution in [0.2, 0.25) is 0 Å². The summed E-state index contributed by atoms with van der Waals surface area (Å²) < 4.78 is 3.78. The maximum atomic E-state index is 4.30. The molecule has 1 aliphatic rings. The molecular formula is C17H22N8. The normalized spacial score (nSPS) is 18.1. The van der Waals surface area contributed by atoms with E-state index in [0.717, 1.165) is 37.6 Å². The zero-order chi connectivity index (χ0) is 17.2. The van der Waals surface area contributed by atoms with Crippen molar-refractivity contribution < 1.29 is 0 Å². The molecule has 0 bridgehead atoms. The van der Waals surface area contributed by atoms with E-state index < -0.39 is 0 Å². The van der Waals surface area contributed by atoms with Gasteiger partial charge in [-0.25, -0.2) is 4.98 Å². The summed E-state index contributed by atoms with van der Waals surface area (Å²) in [5.74, 6) is 0.878. The molecule has 1 atom stereocenters. The molecule has 0 unspecified atom stereocenters. The van der Waals surface area contributed by atoms with E-state index in [0.29, 0.717) is 6.04 Å². The highest BCUT2D eigenvalue weighted by atomic mass is 15.6. The molecule has 0 spiro atoms. The second-order valence-electron chi connectivity index (χ2n) is 6.63. The molecule has 0 saturated carbocycles. The first-order valence-corrected chi connectivity index (χ1v) is 8.62. The number of hydrogen-bond donors (Lipinski definition) is 0. The van der Waals surface area contributed by atoms with E-state index in [9.17, 15) is 0 Å². The molecule has 0 N–H and O–H groups in total. The van der Waals surface area contributed by atoms with Crippen molar-refractivity contribution in [3.8, 4) is 5.69 Å². The highest BCUT2D eigenvalue weighted by molar-refractivity contribution is 5.46. The van der Waals surface area contributed by atoms with E-state index >= 15 is 0 Å². The topological polar surface area (TPSA) is 77.5 Å². The zero-order valence-corrected chi connectivity index (χ0v) is 14.6. The Labute approximate surface area is 146 Å².